The Labute approximate surface area is 78.3 Å². The number of hydrogen-bond donors (Lipinski definition) is 0. The molecule has 0 aliphatic carbocycles. The molecule has 1 heterocycles. The molecule has 1 nitrogen and oxygen atoms in total. The largest absolute Gasteiger partial charge is 0.457 e. The van der Waals surface area contributed by atoms with E-state index in [1.807, 2.05) is 18.2 Å². The van der Waals surface area contributed by atoms with Crippen molar-refractivity contribution in [2.45, 2.75) is 13.8 Å². The van der Waals surface area contributed by atoms with Crippen molar-refractivity contribution in [2.24, 2.45) is 0 Å². The second-order valence-corrected chi connectivity index (χ2v) is 3.40. The van der Waals surface area contributed by atoms with Crippen LogP contribution < -0.4 is 4.74 Å². The molecule has 66 valence electrons. The van der Waals surface area contributed by atoms with Gasteiger partial charge in [-0.1, -0.05) is 18.2 Å². The van der Waals surface area contributed by atoms with Gasteiger partial charge >= 0.3 is 0 Å². The van der Waals surface area contributed by atoms with Gasteiger partial charge in [-0.2, -0.15) is 0 Å². The summed E-state index contributed by atoms with van der Waals surface area (Å²) in [6.07, 6.45) is 1.96. The Kier molecular flexibility index (Phi) is 1.73. The first-order chi connectivity index (χ1) is 6.16. The summed E-state index contributed by atoms with van der Waals surface area (Å²) in [5.41, 5.74) is 3.64. The van der Waals surface area contributed by atoms with Crippen molar-refractivity contribution in [1.82, 2.24) is 0 Å². The number of hydrogen-bond acceptors (Lipinski definition) is 1. The molecule has 0 fully saturated rings. The molecule has 0 spiro atoms. The zero-order valence-electron chi connectivity index (χ0n) is 7.92. The summed E-state index contributed by atoms with van der Waals surface area (Å²) in [6, 6.07) is 6.17. The minimum absolute atomic E-state index is 0.717. The first-order valence-corrected chi connectivity index (χ1v) is 4.33. The SMILES string of the molecule is C=C1C=C(C)c2cc(C)ccc2O1. The van der Waals surface area contributed by atoms with Gasteiger partial charge < -0.3 is 4.74 Å². The predicted octanol–water partition coefficient (Wildman–Crippen LogP) is 3.30. The third-order valence-corrected chi connectivity index (χ3v) is 2.18. The number of allylic oxidation sites excluding steroid dienone is 2. The molecule has 0 radical (unpaired) electrons. The second kappa shape index (κ2) is 2.77. The maximum absolute atomic E-state index is 5.49. The summed E-state index contributed by atoms with van der Waals surface area (Å²) < 4.78 is 5.49. The molecule has 1 heteroatoms. The molecular weight excluding hydrogens is 160 g/mol. The third-order valence-electron chi connectivity index (χ3n) is 2.18. The standard InChI is InChI=1S/C12H12O/c1-8-4-5-12-11(6-8)9(2)7-10(3)13-12/h4-7H,3H2,1-2H3. The van der Waals surface area contributed by atoms with E-state index in [9.17, 15) is 0 Å². The fourth-order valence-corrected chi connectivity index (χ4v) is 1.53. The van der Waals surface area contributed by atoms with Gasteiger partial charge in [0.15, 0.2) is 0 Å². The van der Waals surface area contributed by atoms with E-state index in [4.69, 9.17) is 4.74 Å². The van der Waals surface area contributed by atoms with Crippen molar-refractivity contribution in [2.75, 3.05) is 0 Å². The van der Waals surface area contributed by atoms with Crippen LogP contribution in [-0.4, -0.2) is 0 Å². The normalized spacial score (nSPS) is 14.6. The molecule has 1 aromatic rings. The van der Waals surface area contributed by atoms with E-state index in [0.717, 1.165) is 5.75 Å². The van der Waals surface area contributed by atoms with E-state index >= 15 is 0 Å². The molecule has 0 aromatic heterocycles. The number of ether oxygens (including phenoxy) is 1. The molecule has 0 unspecified atom stereocenters. The summed E-state index contributed by atoms with van der Waals surface area (Å²) in [7, 11) is 0. The Morgan fingerprint density at radius 2 is 2.00 bits per heavy atom. The van der Waals surface area contributed by atoms with Gasteiger partial charge in [0.25, 0.3) is 0 Å². The van der Waals surface area contributed by atoms with E-state index in [1.165, 1.54) is 16.7 Å². The molecule has 0 saturated heterocycles. The summed E-state index contributed by atoms with van der Waals surface area (Å²) in [5, 5.41) is 0. The molecule has 0 bridgehead atoms. The number of aryl methyl sites for hydroxylation is 1. The Hall–Kier alpha value is -1.50. The Morgan fingerprint density at radius 3 is 2.77 bits per heavy atom. The summed E-state index contributed by atoms with van der Waals surface area (Å²) >= 11 is 0. The molecule has 0 saturated carbocycles. The van der Waals surface area contributed by atoms with Crippen molar-refractivity contribution >= 4 is 5.57 Å². The summed E-state index contributed by atoms with van der Waals surface area (Å²) in [5.74, 6) is 1.63. The fraction of sp³-hybridized carbons (Fsp3) is 0.167. The van der Waals surface area contributed by atoms with Gasteiger partial charge in [-0.25, -0.2) is 0 Å². The van der Waals surface area contributed by atoms with Gasteiger partial charge in [0.05, 0.1) is 0 Å². The maximum atomic E-state index is 5.49. The molecule has 2 rings (SSSR count). The van der Waals surface area contributed by atoms with Crippen molar-refractivity contribution in [3.8, 4) is 5.75 Å². The molecule has 1 aliphatic heterocycles. The van der Waals surface area contributed by atoms with Gasteiger partial charge in [-0.3, -0.25) is 0 Å². The average molecular weight is 172 g/mol. The molecule has 1 aliphatic rings. The minimum atomic E-state index is 0.717. The average Bonchev–Trinajstić information content (AvgIpc) is 2.06. The van der Waals surface area contributed by atoms with Crippen LogP contribution >= 0.6 is 0 Å². The van der Waals surface area contributed by atoms with Crippen molar-refractivity contribution in [3.63, 3.8) is 0 Å². The van der Waals surface area contributed by atoms with Gasteiger partial charge in [-0.05, 0) is 37.6 Å². The third kappa shape index (κ3) is 1.37. The molecule has 0 amide bonds. The highest BCUT2D eigenvalue weighted by molar-refractivity contribution is 5.73. The fourth-order valence-electron chi connectivity index (χ4n) is 1.53. The van der Waals surface area contributed by atoms with Crippen LogP contribution in [0.2, 0.25) is 0 Å². The monoisotopic (exact) mass is 172 g/mol. The van der Waals surface area contributed by atoms with E-state index in [2.05, 4.69) is 26.5 Å². The first kappa shape index (κ1) is 8.11. The molecule has 0 atom stereocenters. The van der Waals surface area contributed by atoms with Crippen LogP contribution in [0.4, 0.5) is 0 Å². The van der Waals surface area contributed by atoms with Crippen molar-refractivity contribution in [1.29, 1.82) is 0 Å². The van der Waals surface area contributed by atoms with E-state index in [0.29, 0.717) is 5.76 Å². The Bertz CT molecular complexity index is 400. The minimum Gasteiger partial charge on any atom is -0.457 e. The van der Waals surface area contributed by atoms with Gasteiger partial charge in [0.2, 0.25) is 0 Å². The Balaban J connectivity index is 2.60. The van der Waals surface area contributed by atoms with Crippen LogP contribution in [0.3, 0.4) is 0 Å². The van der Waals surface area contributed by atoms with E-state index < -0.39 is 0 Å². The van der Waals surface area contributed by atoms with Crippen LogP contribution in [0.1, 0.15) is 18.1 Å². The lowest BCUT2D eigenvalue weighted by molar-refractivity contribution is 0.441. The highest BCUT2D eigenvalue weighted by Crippen LogP contribution is 2.32. The molecule has 1 aromatic carbocycles. The number of fused-ring (bicyclic) bond motifs is 1. The zero-order valence-corrected chi connectivity index (χ0v) is 7.92. The smallest absolute Gasteiger partial charge is 0.134 e. The van der Waals surface area contributed by atoms with Gasteiger partial charge in [0, 0.05) is 5.56 Å². The lowest BCUT2D eigenvalue weighted by atomic mass is 10.0. The highest BCUT2D eigenvalue weighted by atomic mass is 16.5. The van der Waals surface area contributed by atoms with Crippen molar-refractivity contribution < 1.29 is 4.74 Å². The van der Waals surface area contributed by atoms with E-state index in [1.54, 1.807) is 0 Å². The van der Waals surface area contributed by atoms with Crippen LogP contribution in [0, 0.1) is 6.92 Å². The Morgan fingerprint density at radius 1 is 1.23 bits per heavy atom. The quantitative estimate of drug-likeness (QED) is 0.583. The molecular formula is C12H12O. The van der Waals surface area contributed by atoms with Crippen LogP contribution in [0.5, 0.6) is 5.75 Å². The van der Waals surface area contributed by atoms with Crippen LogP contribution in [0.25, 0.3) is 5.57 Å². The topological polar surface area (TPSA) is 9.23 Å². The lowest BCUT2D eigenvalue weighted by Gasteiger charge is -2.17. The van der Waals surface area contributed by atoms with Crippen LogP contribution in [-0.2, 0) is 0 Å². The van der Waals surface area contributed by atoms with Gasteiger partial charge in [-0.15, -0.1) is 0 Å². The lowest BCUT2D eigenvalue weighted by Crippen LogP contribution is -2.00. The predicted molar refractivity (Wildman–Crippen MR) is 54.6 cm³/mol. The van der Waals surface area contributed by atoms with Crippen molar-refractivity contribution in [3.05, 3.63) is 47.7 Å². The van der Waals surface area contributed by atoms with E-state index in [-0.39, 0.29) is 0 Å². The first-order valence-electron chi connectivity index (χ1n) is 4.33. The number of rotatable bonds is 0. The van der Waals surface area contributed by atoms with Gasteiger partial charge in [0.1, 0.15) is 11.5 Å². The highest BCUT2D eigenvalue weighted by Gasteiger charge is 2.12. The second-order valence-electron chi connectivity index (χ2n) is 3.40. The zero-order chi connectivity index (χ0) is 9.42. The maximum Gasteiger partial charge on any atom is 0.134 e. The summed E-state index contributed by atoms with van der Waals surface area (Å²) in [4.78, 5) is 0. The number of benzene rings is 1. The molecule has 0 N–H and O–H groups in total. The molecule has 13 heavy (non-hydrogen) atoms. The summed E-state index contributed by atoms with van der Waals surface area (Å²) in [6.45, 7) is 7.94. The van der Waals surface area contributed by atoms with Crippen LogP contribution in [0.15, 0.2) is 36.6 Å².